The largest absolute Gasteiger partial charge is 0.573 e. The Morgan fingerprint density at radius 1 is 1.21 bits per heavy atom. The van der Waals surface area contributed by atoms with Crippen LogP contribution in [0, 0.1) is 5.41 Å². The molecule has 2 aliphatic carbocycles. The van der Waals surface area contributed by atoms with Crippen LogP contribution in [0.5, 0.6) is 5.75 Å². The van der Waals surface area contributed by atoms with Crippen LogP contribution < -0.4 is 4.74 Å². The van der Waals surface area contributed by atoms with Gasteiger partial charge in [0.25, 0.3) is 0 Å². The topological polar surface area (TPSA) is 35.5 Å². The molecule has 0 spiro atoms. The first-order valence-corrected chi connectivity index (χ1v) is 5.78. The number of benzene rings is 1. The van der Waals surface area contributed by atoms with Crippen LogP contribution in [0.25, 0.3) is 0 Å². The molecule has 2 fully saturated rings. The molecule has 0 saturated heterocycles. The molecule has 0 unspecified atom stereocenters. The highest BCUT2D eigenvalue weighted by Crippen LogP contribution is 2.86. The van der Waals surface area contributed by atoms with Gasteiger partial charge < -0.3 is 9.47 Å². The molecular formula is C13H11F3O3. The van der Waals surface area contributed by atoms with E-state index in [-0.39, 0.29) is 17.1 Å². The first-order valence-electron chi connectivity index (χ1n) is 5.78. The maximum absolute atomic E-state index is 12.0. The highest BCUT2D eigenvalue weighted by molar-refractivity contribution is 5.90. The quantitative estimate of drug-likeness (QED) is 0.794. The van der Waals surface area contributed by atoms with Gasteiger partial charge in [0.2, 0.25) is 0 Å². The molecule has 2 aliphatic rings. The van der Waals surface area contributed by atoms with Gasteiger partial charge in [0.05, 0.1) is 12.5 Å². The van der Waals surface area contributed by atoms with Crippen LogP contribution >= 0.6 is 0 Å². The molecule has 0 heterocycles. The summed E-state index contributed by atoms with van der Waals surface area (Å²) in [5, 5.41) is 0. The van der Waals surface area contributed by atoms with Gasteiger partial charge in [0.1, 0.15) is 5.75 Å². The highest BCUT2D eigenvalue weighted by atomic mass is 19.4. The fourth-order valence-corrected chi connectivity index (χ4v) is 2.88. The highest BCUT2D eigenvalue weighted by Gasteiger charge is 2.88. The molecule has 2 saturated carbocycles. The first-order chi connectivity index (χ1) is 8.83. The average molecular weight is 272 g/mol. The normalized spacial score (nSPS) is 31.4. The molecule has 19 heavy (non-hydrogen) atoms. The molecule has 0 aromatic heterocycles. The molecular weight excluding hydrogens is 261 g/mol. The zero-order valence-corrected chi connectivity index (χ0v) is 10.1. The van der Waals surface area contributed by atoms with Crippen molar-refractivity contribution in [2.75, 3.05) is 7.11 Å². The van der Waals surface area contributed by atoms with E-state index in [2.05, 4.69) is 4.74 Å². The summed E-state index contributed by atoms with van der Waals surface area (Å²) in [6, 6.07) is 5.71. The second kappa shape index (κ2) is 3.43. The van der Waals surface area contributed by atoms with Crippen molar-refractivity contribution in [3.05, 3.63) is 29.8 Å². The number of esters is 1. The Bertz CT molecular complexity index is 527. The lowest BCUT2D eigenvalue weighted by Crippen LogP contribution is -2.17. The standard InChI is InChI=1S/C13H11F3O3/c1-18-10(17)12-6-11(12,7-12)8-2-4-9(5-3-8)19-13(14,15)16/h2-5H,6-7H2,1H3. The first kappa shape index (κ1) is 12.3. The molecule has 0 N–H and O–H groups in total. The fraction of sp³-hybridized carbons (Fsp3) is 0.462. The van der Waals surface area contributed by atoms with Crippen molar-refractivity contribution in [2.45, 2.75) is 24.6 Å². The van der Waals surface area contributed by atoms with E-state index < -0.39 is 11.8 Å². The number of ether oxygens (including phenoxy) is 2. The molecule has 3 rings (SSSR count). The van der Waals surface area contributed by atoms with E-state index in [1.165, 1.54) is 19.2 Å². The summed E-state index contributed by atoms with van der Waals surface area (Å²) < 4.78 is 44.6. The summed E-state index contributed by atoms with van der Waals surface area (Å²) in [7, 11) is 1.35. The van der Waals surface area contributed by atoms with Gasteiger partial charge in [-0.2, -0.15) is 0 Å². The van der Waals surface area contributed by atoms with Gasteiger partial charge in [-0.15, -0.1) is 13.2 Å². The van der Waals surface area contributed by atoms with E-state index in [9.17, 15) is 18.0 Å². The second-order valence-electron chi connectivity index (χ2n) is 5.08. The van der Waals surface area contributed by atoms with Gasteiger partial charge in [-0.3, -0.25) is 4.79 Å². The number of halogens is 3. The van der Waals surface area contributed by atoms with Gasteiger partial charge in [0, 0.05) is 5.41 Å². The van der Waals surface area contributed by atoms with Crippen LogP contribution in [0.1, 0.15) is 18.4 Å². The summed E-state index contributed by atoms with van der Waals surface area (Å²) in [6.07, 6.45) is -3.26. The summed E-state index contributed by atoms with van der Waals surface area (Å²) >= 11 is 0. The number of hydrogen-bond acceptors (Lipinski definition) is 3. The Labute approximate surface area is 107 Å². The van der Waals surface area contributed by atoms with Crippen LogP contribution in [0.3, 0.4) is 0 Å². The summed E-state index contributed by atoms with van der Waals surface area (Å²) in [6.45, 7) is 0. The molecule has 0 atom stereocenters. The van der Waals surface area contributed by atoms with Gasteiger partial charge in [-0.25, -0.2) is 0 Å². The predicted octanol–water partition coefficient (Wildman–Crippen LogP) is 2.79. The smallest absolute Gasteiger partial charge is 0.469 e. The second-order valence-corrected chi connectivity index (χ2v) is 5.08. The molecule has 102 valence electrons. The minimum atomic E-state index is -4.69. The third-order valence-electron chi connectivity index (χ3n) is 4.09. The van der Waals surface area contributed by atoms with Crippen molar-refractivity contribution in [3.8, 4) is 5.75 Å². The molecule has 1 aromatic carbocycles. The van der Waals surface area contributed by atoms with Gasteiger partial charge in [-0.1, -0.05) is 12.1 Å². The average Bonchev–Trinajstić information content (AvgIpc) is 3.13. The van der Waals surface area contributed by atoms with E-state index in [1.54, 1.807) is 12.1 Å². The molecule has 3 nitrogen and oxygen atoms in total. The van der Waals surface area contributed by atoms with Crippen molar-refractivity contribution in [3.63, 3.8) is 0 Å². The lowest BCUT2D eigenvalue weighted by molar-refractivity contribution is -0.274. The molecule has 1 aromatic rings. The summed E-state index contributed by atoms with van der Waals surface area (Å²) in [5.41, 5.74) is 0.234. The summed E-state index contributed by atoms with van der Waals surface area (Å²) in [4.78, 5) is 11.6. The van der Waals surface area contributed by atoms with Gasteiger partial charge >= 0.3 is 12.3 Å². The monoisotopic (exact) mass is 272 g/mol. The Morgan fingerprint density at radius 2 is 1.79 bits per heavy atom. The molecule has 0 radical (unpaired) electrons. The van der Waals surface area contributed by atoms with Gasteiger partial charge in [-0.05, 0) is 30.5 Å². The number of hydrogen-bond donors (Lipinski definition) is 0. The number of methoxy groups -OCH3 is 1. The predicted molar refractivity (Wildman–Crippen MR) is 58.5 cm³/mol. The van der Waals surface area contributed by atoms with Crippen LogP contribution in [0.2, 0.25) is 0 Å². The van der Waals surface area contributed by atoms with Crippen LogP contribution in [-0.4, -0.2) is 19.4 Å². The lowest BCUT2D eigenvalue weighted by Gasteiger charge is -2.09. The lowest BCUT2D eigenvalue weighted by atomic mass is 10.0. The Morgan fingerprint density at radius 3 is 2.26 bits per heavy atom. The summed E-state index contributed by atoms with van der Waals surface area (Å²) in [5.74, 6) is -0.485. The maximum atomic E-state index is 12.0. The zero-order valence-electron chi connectivity index (χ0n) is 10.1. The third-order valence-corrected chi connectivity index (χ3v) is 4.09. The SMILES string of the molecule is COC(=O)C12CC1(c1ccc(OC(F)(F)F)cc1)C2. The molecule has 6 heteroatoms. The third kappa shape index (κ3) is 1.69. The number of alkyl halides is 3. The van der Waals surface area contributed by atoms with Crippen molar-refractivity contribution >= 4 is 5.97 Å². The van der Waals surface area contributed by atoms with Gasteiger partial charge in [0.15, 0.2) is 0 Å². The number of fused-ring (bicyclic) bond motifs is 1. The number of carbonyl (C=O) groups excluding carboxylic acids is 1. The molecule has 0 bridgehead atoms. The Kier molecular flexibility index (Phi) is 2.23. The van der Waals surface area contributed by atoms with Crippen molar-refractivity contribution in [1.29, 1.82) is 0 Å². The van der Waals surface area contributed by atoms with E-state index >= 15 is 0 Å². The van der Waals surface area contributed by atoms with Crippen molar-refractivity contribution in [2.24, 2.45) is 5.41 Å². The van der Waals surface area contributed by atoms with E-state index in [0.29, 0.717) is 12.8 Å². The van der Waals surface area contributed by atoms with Crippen LogP contribution in [0.15, 0.2) is 24.3 Å². The molecule has 0 amide bonds. The fourth-order valence-electron chi connectivity index (χ4n) is 2.88. The van der Waals surface area contributed by atoms with Crippen molar-refractivity contribution < 1.29 is 27.4 Å². The maximum Gasteiger partial charge on any atom is 0.573 e. The number of carbonyl (C=O) groups is 1. The minimum absolute atomic E-state index is 0.211. The van der Waals surface area contributed by atoms with E-state index in [4.69, 9.17) is 4.74 Å². The zero-order chi connectivity index (χ0) is 13.9. The van der Waals surface area contributed by atoms with Crippen molar-refractivity contribution in [1.82, 2.24) is 0 Å². The Hall–Kier alpha value is -1.72. The van der Waals surface area contributed by atoms with Crippen LogP contribution in [0.4, 0.5) is 13.2 Å². The van der Waals surface area contributed by atoms with E-state index in [0.717, 1.165) is 5.56 Å². The van der Waals surface area contributed by atoms with E-state index in [1.807, 2.05) is 0 Å². The Balaban J connectivity index is 1.75. The number of rotatable bonds is 3. The van der Waals surface area contributed by atoms with Crippen LogP contribution in [-0.2, 0) is 14.9 Å². The molecule has 0 aliphatic heterocycles. The minimum Gasteiger partial charge on any atom is -0.469 e.